The quantitative estimate of drug-likeness (QED) is 0.428. The monoisotopic (exact) mass is 543 g/mol. The number of ether oxygens (including phenoxy) is 2. The van der Waals surface area contributed by atoms with Gasteiger partial charge in [0.15, 0.2) is 4.80 Å². The Morgan fingerprint density at radius 3 is 2.62 bits per heavy atom. The van der Waals surface area contributed by atoms with Gasteiger partial charge in [0.25, 0.3) is 15.9 Å². The fraction of sp³-hybridized carbons (Fsp3) is 0.455. The van der Waals surface area contributed by atoms with Crippen molar-refractivity contribution >= 4 is 60.4 Å². The van der Waals surface area contributed by atoms with Crippen LogP contribution in [0.4, 0.5) is 0 Å². The van der Waals surface area contributed by atoms with Crippen LogP contribution in [0.1, 0.15) is 19.8 Å². The summed E-state index contributed by atoms with van der Waals surface area (Å²) < 4.78 is 41.6. The van der Waals surface area contributed by atoms with Gasteiger partial charge >= 0.3 is 0 Å². The molecule has 3 aromatic rings. The molecule has 1 saturated heterocycles. The topological polar surface area (TPSA) is 90.2 Å². The molecule has 1 amide bonds. The van der Waals surface area contributed by atoms with Crippen LogP contribution in [0.3, 0.4) is 0 Å². The lowest BCUT2D eigenvalue weighted by molar-refractivity contribution is -0.122. The summed E-state index contributed by atoms with van der Waals surface area (Å²) in [6.45, 7) is 4.11. The summed E-state index contributed by atoms with van der Waals surface area (Å²) in [5.41, 5.74) is 0.965. The van der Waals surface area contributed by atoms with Crippen LogP contribution in [0, 0.1) is 5.92 Å². The summed E-state index contributed by atoms with van der Waals surface area (Å²) in [4.78, 5) is 18.1. The van der Waals surface area contributed by atoms with E-state index in [4.69, 9.17) is 21.1 Å². The van der Waals surface area contributed by atoms with Gasteiger partial charge in [-0.1, -0.05) is 22.9 Å². The Morgan fingerprint density at radius 1 is 1.21 bits per heavy atom. The molecule has 1 fully saturated rings. The smallest absolute Gasteiger partial charge is 0.252 e. The maximum Gasteiger partial charge on any atom is 0.252 e. The second-order valence-electron chi connectivity index (χ2n) is 7.78. The Bertz CT molecular complexity index is 1340. The third kappa shape index (κ3) is 5.39. The molecule has 0 aliphatic carbocycles. The molecule has 34 heavy (non-hydrogen) atoms. The standard InChI is InChI=1S/C22H26ClN3O5S3/c1-3-31-16-4-5-17-18(14-16)32-22(26(17)12-13-30-2)24-21(27)15-8-10-25(11-9-15)34(28,29)20-7-6-19(23)33-20/h4-7,14-15H,3,8-13H2,1-2H3. The Morgan fingerprint density at radius 2 is 1.97 bits per heavy atom. The Labute approximate surface area is 211 Å². The number of halogens is 1. The number of thiophene rings is 1. The van der Waals surface area contributed by atoms with Gasteiger partial charge in [0.05, 0.1) is 27.8 Å². The number of carbonyl (C=O) groups excluding carboxylic acids is 1. The molecule has 0 unspecified atom stereocenters. The molecule has 1 aromatic carbocycles. The molecule has 184 valence electrons. The summed E-state index contributed by atoms with van der Waals surface area (Å²) in [7, 11) is -1.96. The lowest BCUT2D eigenvalue weighted by Crippen LogP contribution is -2.40. The second-order valence-corrected chi connectivity index (χ2v) is 12.7. The number of fused-ring (bicyclic) bond motifs is 1. The summed E-state index contributed by atoms with van der Waals surface area (Å²) in [5.74, 6) is 0.228. The molecule has 0 radical (unpaired) electrons. The minimum atomic E-state index is -3.59. The molecular formula is C22H26ClN3O5S3. The predicted molar refractivity (Wildman–Crippen MR) is 134 cm³/mol. The van der Waals surface area contributed by atoms with Crippen molar-refractivity contribution in [3.05, 3.63) is 39.5 Å². The van der Waals surface area contributed by atoms with Crippen molar-refractivity contribution in [3.8, 4) is 5.75 Å². The van der Waals surface area contributed by atoms with E-state index < -0.39 is 10.0 Å². The van der Waals surface area contributed by atoms with Crippen LogP contribution in [-0.2, 0) is 26.1 Å². The lowest BCUT2D eigenvalue weighted by atomic mass is 9.98. The number of amides is 1. The highest BCUT2D eigenvalue weighted by atomic mass is 35.5. The number of methoxy groups -OCH3 is 1. The van der Waals surface area contributed by atoms with Crippen LogP contribution in [0.2, 0.25) is 4.34 Å². The number of hydrogen-bond donors (Lipinski definition) is 0. The van der Waals surface area contributed by atoms with Gasteiger partial charge in [0.2, 0.25) is 0 Å². The number of thiazole rings is 1. The molecule has 1 aliphatic rings. The molecule has 2 aromatic heterocycles. The normalized spacial score (nSPS) is 16.4. The second kappa shape index (κ2) is 10.9. The minimum absolute atomic E-state index is 0.223. The molecule has 12 heteroatoms. The van der Waals surface area contributed by atoms with E-state index in [0.29, 0.717) is 41.7 Å². The number of benzene rings is 1. The van der Waals surface area contributed by atoms with E-state index in [1.165, 1.54) is 21.7 Å². The predicted octanol–water partition coefficient (Wildman–Crippen LogP) is 3.99. The highest BCUT2D eigenvalue weighted by Gasteiger charge is 2.33. The largest absolute Gasteiger partial charge is 0.494 e. The summed E-state index contributed by atoms with van der Waals surface area (Å²) in [5, 5.41) is 0. The third-order valence-corrected chi connectivity index (χ3v) is 10.3. The van der Waals surface area contributed by atoms with Crippen LogP contribution in [0.5, 0.6) is 5.75 Å². The first-order valence-corrected chi connectivity index (χ1v) is 14.4. The van der Waals surface area contributed by atoms with E-state index in [1.807, 2.05) is 29.7 Å². The van der Waals surface area contributed by atoms with Gasteiger partial charge in [-0.3, -0.25) is 4.79 Å². The Balaban J connectivity index is 1.54. The van der Waals surface area contributed by atoms with Crippen molar-refractivity contribution < 1.29 is 22.7 Å². The van der Waals surface area contributed by atoms with Gasteiger partial charge in [-0.2, -0.15) is 9.30 Å². The molecule has 1 aliphatic heterocycles. The van der Waals surface area contributed by atoms with Gasteiger partial charge in [-0.05, 0) is 50.1 Å². The van der Waals surface area contributed by atoms with Crippen molar-refractivity contribution in [2.45, 2.75) is 30.5 Å². The van der Waals surface area contributed by atoms with E-state index in [-0.39, 0.29) is 29.1 Å². The lowest BCUT2D eigenvalue weighted by Gasteiger charge is -2.29. The van der Waals surface area contributed by atoms with Crippen molar-refractivity contribution in [2.75, 3.05) is 33.4 Å². The number of aromatic nitrogens is 1. The number of rotatable bonds is 8. The van der Waals surface area contributed by atoms with Gasteiger partial charge in [-0.15, -0.1) is 11.3 Å². The maximum absolute atomic E-state index is 13.1. The van der Waals surface area contributed by atoms with Crippen molar-refractivity contribution in [3.63, 3.8) is 0 Å². The molecule has 0 N–H and O–H groups in total. The number of sulfonamides is 1. The molecule has 8 nitrogen and oxygen atoms in total. The first-order chi connectivity index (χ1) is 16.3. The zero-order valence-electron chi connectivity index (χ0n) is 18.9. The highest BCUT2D eigenvalue weighted by molar-refractivity contribution is 7.91. The highest BCUT2D eigenvalue weighted by Crippen LogP contribution is 2.31. The summed E-state index contributed by atoms with van der Waals surface area (Å²) >= 11 is 8.38. The minimum Gasteiger partial charge on any atom is -0.494 e. The van der Waals surface area contributed by atoms with Gasteiger partial charge < -0.3 is 14.0 Å². The van der Waals surface area contributed by atoms with E-state index in [2.05, 4.69) is 4.99 Å². The number of nitrogens with zero attached hydrogens (tertiary/aromatic N) is 3. The van der Waals surface area contributed by atoms with Crippen LogP contribution in [0.25, 0.3) is 10.2 Å². The Kier molecular flexibility index (Phi) is 8.11. The molecule has 0 bridgehead atoms. The van der Waals surface area contributed by atoms with Crippen LogP contribution in [-0.4, -0.2) is 56.6 Å². The van der Waals surface area contributed by atoms with Gasteiger partial charge in [-0.25, -0.2) is 8.42 Å². The molecule has 3 heterocycles. The van der Waals surface area contributed by atoms with E-state index >= 15 is 0 Å². The van der Waals surface area contributed by atoms with Crippen molar-refractivity contribution in [1.82, 2.24) is 8.87 Å². The van der Waals surface area contributed by atoms with E-state index in [1.54, 1.807) is 13.2 Å². The molecule has 0 saturated carbocycles. The van der Waals surface area contributed by atoms with Crippen LogP contribution >= 0.6 is 34.3 Å². The molecule has 0 spiro atoms. The number of carbonyl (C=O) groups is 1. The first-order valence-electron chi connectivity index (χ1n) is 10.9. The maximum atomic E-state index is 13.1. The fourth-order valence-electron chi connectivity index (χ4n) is 3.89. The van der Waals surface area contributed by atoms with E-state index in [9.17, 15) is 13.2 Å². The average Bonchev–Trinajstić information content (AvgIpc) is 3.41. The van der Waals surface area contributed by atoms with Crippen molar-refractivity contribution in [2.24, 2.45) is 10.9 Å². The fourth-order valence-corrected chi connectivity index (χ4v) is 8.08. The zero-order chi connectivity index (χ0) is 24.3. The number of piperidine rings is 1. The number of hydrogen-bond acceptors (Lipinski definition) is 7. The summed E-state index contributed by atoms with van der Waals surface area (Å²) in [6, 6.07) is 8.93. The van der Waals surface area contributed by atoms with Crippen LogP contribution < -0.4 is 9.54 Å². The Hall–Kier alpha value is -1.76. The third-order valence-electron chi connectivity index (χ3n) is 5.64. The van der Waals surface area contributed by atoms with Crippen LogP contribution in [0.15, 0.2) is 39.5 Å². The van der Waals surface area contributed by atoms with Gasteiger partial charge in [0.1, 0.15) is 9.96 Å². The van der Waals surface area contributed by atoms with Crippen molar-refractivity contribution in [1.29, 1.82) is 0 Å². The first kappa shape index (κ1) is 25.3. The molecule has 0 atom stereocenters. The van der Waals surface area contributed by atoms with E-state index in [0.717, 1.165) is 27.3 Å². The zero-order valence-corrected chi connectivity index (χ0v) is 22.1. The molecule has 4 rings (SSSR count). The average molecular weight is 544 g/mol. The summed E-state index contributed by atoms with van der Waals surface area (Å²) in [6.07, 6.45) is 0.857. The van der Waals surface area contributed by atoms with Gasteiger partial charge in [0, 0.05) is 32.7 Å². The SMILES string of the molecule is CCOc1ccc2c(c1)sc(=NC(=O)C1CCN(S(=O)(=O)c3ccc(Cl)s3)CC1)n2CCOC. The molecular weight excluding hydrogens is 518 g/mol.